The lowest BCUT2D eigenvalue weighted by Gasteiger charge is -2.30. The third-order valence-corrected chi connectivity index (χ3v) is 6.65. The number of hydrogen-bond acceptors (Lipinski definition) is 3. The quantitative estimate of drug-likeness (QED) is 0.693. The van der Waals surface area contributed by atoms with Crippen LogP contribution in [0.25, 0.3) is 11.0 Å². The van der Waals surface area contributed by atoms with E-state index in [-0.39, 0.29) is 5.56 Å². The molecule has 0 atom stereocenters. The van der Waals surface area contributed by atoms with Crippen LogP contribution in [0.1, 0.15) is 67.3 Å². The van der Waals surface area contributed by atoms with Gasteiger partial charge in [-0.2, -0.15) is 5.10 Å². The summed E-state index contributed by atoms with van der Waals surface area (Å²) >= 11 is 0. The minimum atomic E-state index is 0.250. The molecule has 152 valence electrons. The van der Waals surface area contributed by atoms with E-state index in [9.17, 15) is 4.79 Å². The van der Waals surface area contributed by atoms with Crippen LogP contribution in [0.4, 0.5) is 0 Å². The Balaban J connectivity index is 1.60. The summed E-state index contributed by atoms with van der Waals surface area (Å²) in [7, 11) is 0. The van der Waals surface area contributed by atoms with Crippen LogP contribution in [0.15, 0.2) is 35.3 Å². The molecule has 1 saturated carbocycles. The molecule has 0 unspecified atom stereocenters. The Morgan fingerprint density at radius 1 is 1.10 bits per heavy atom. The number of pyridine rings is 1. The summed E-state index contributed by atoms with van der Waals surface area (Å²) < 4.78 is 4.16. The number of aryl methyl sites for hydroxylation is 1. The van der Waals surface area contributed by atoms with Gasteiger partial charge in [0.25, 0.3) is 5.56 Å². The number of hydrogen-bond donors (Lipinski definition) is 1. The van der Waals surface area contributed by atoms with Crippen LogP contribution in [0.5, 0.6) is 0 Å². The van der Waals surface area contributed by atoms with E-state index in [1.165, 1.54) is 34.9 Å². The Labute approximate surface area is 171 Å². The number of benzene rings is 1. The van der Waals surface area contributed by atoms with E-state index in [1.807, 2.05) is 6.20 Å². The predicted molar refractivity (Wildman–Crippen MR) is 116 cm³/mol. The molecular weight excluding hydrogens is 360 g/mol. The van der Waals surface area contributed by atoms with Crippen molar-refractivity contribution in [2.75, 3.05) is 6.54 Å². The second-order valence-corrected chi connectivity index (χ2v) is 8.56. The van der Waals surface area contributed by atoms with Gasteiger partial charge in [-0.1, -0.05) is 31.2 Å². The van der Waals surface area contributed by atoms with Gasteiger partial charge in [-0.25, -0.2) is 4.68 Å². The summed E-state index contributed by atoms with van der Waals surface area (Å²) in [6, 6.07) is 9.03. The topological polar surface area (TPSA) is 51.9 Å². The molecule has 0 spiro atoms. The molecule has 2 aliphatic rings. The lowest BCUT2D eigenvalue weighted by molar-refractivity contribution is 0.309. The van der Waals surface area contributed by atoms with Crippen molar-refractivity contribution >= 4 is 11.0 Å². The van der Waals surface area contributed by atoms with E-state index in [1.54, 1.807) is 0 Å². The van der Waals surface area contributed by atoms with Gasteiger partial charge in [0.2, 0.25) is 0 Å². The standard InChI is InChI=1S/C24H30N4O/c1-2-25-14-17-7-5-8-18(13-17)16-27-23-22(15-26-27)20-11-3-4-12-21(20)24(29)28(23)19-9-6-10-19/h5,7-8,13,15,19,25H,2-4,6,9-12,14,16H2,1H3. The fraction of sp³-hybridized carbons (Fsp3) is 0.500. The van der Waals surface area contributed by atoms with Crippen LogP contribution in [0, 0.1) is 0 Å². The highest BCUT2D eigenvalue weighted by Gasteiger charge is 2.28. The first kappa shape index (κ1) is 18.6. The molecule has 1 fully saturated rings. The monoisotopic (exact) mass is 390 g/mol. The number of fused-ring (bicyclic) bond motifs is 3. The average molecular weight is 391 g/mol. The van der Waals surface area contributed by atoms with E-state index in [4.69, 9.17) is 5.10 Å². The minimum absolute atomic E-state index is 0.250. The molecular formula is C24H30N4O. The summed E-state index contributed by atoms with van der Waals surface area (Å²) in [4.78, 5) is 13.5. The van der Waals surface area contributed by atoms with Gasteiger partial charge < -0.3 is 5.32 Å². The molecule has 3 aromatic rings. The van der Waals surface area contributed by atoms with Crippen molar-refractivity contribution in [3.63, 3.8) is 0 Å². The molecule has 5 rings (SSSR count). The maximum absolute atomic E-state index is 13.5. The lowest BCUT2D eigenvalue weighted by atomic mass is 9.88. The Morgan fingerprint density at radius 2 is 1.90 bits per heavy atom. The maximum Gasteiger partial charge on any atom is 0.255 e. The third kappa shape index (κ3) is 3.31. The molecule has 0 amide bonds. The summed E-state index contributed by atoms with van der Waals surface area (Å²) in [5.41, 5.74) is 6.13. The van der Waals surface area contributed by atoms with Gasteiger partial charge in [-0.3, -0.25) is 9.36 Å². The SMILES string of the molecule is CCNCc1cccc(Cn2ncc3c4c(c(=O)n(C5CCC5)c32)CCCC4)c1. The number of rotatable bonds is 6. The van der Waals surface area contributed by atoms with E-state index < -0.39 is 0 Å². The molecule has 2 aromatic heterocycles. The summed E-state index contributed by atoms with van der Waals surface area (Å²) in [5.74, 6) is 0. The molecule has 0 saturated heterocycles. The number of aromatic nitrogens is 3. The number of nitrogens with zero attached hydrogens (tertiary/aromatic N) is 3. The van der Waals surface area contributed by atoms with Crippen molar-refractivity contribution in [1.29, 1.82) is 0 Å². The van der Waals surface area contributed by atoms with Crippen molar-refractivity contribution in [2.24, 2.45) is 0 Å². The number of nitrogens with one attached hydrogen (secondary N) is 1. The largest absolute Gasteiger partial charge is 0.313 e. The third-order valence-electron chi connectivity index (χ3n) is 6.65. The van der Waals surface area contributed by atoms with Crippen molar-refractivity contribution in [2.45, 2.75) is 71.0 Å². The van der Waals surface area contributed by atoms with Crippen LogP contribution in [0.3, 0.4) is 0 Å². The van der Waals surface area contributed by atoms with E-state index in [2.05, 4.69) is 45.8 Å². The maximum atomic E-state index is 13.5. The smallest absolute Gasteiger partial charge is 0.255 e. The molecule has 2 heterocycles. The zero-order valence-electron chi connectivity index (χ0n) is 17.3. The Hall–Kier alpha value is -2.40. The van der Waals surface area contributed by atoms with Crippen LogP contribution >= 0.6 is 0 Å². The molecule has 5 nitrogen and oxygen atoms in total. The highest BCUT2D eigenvalue weighted by Crippen LogP contribution is 2.35. The average Bonchev–Trinajstić information content (AvgIpc) is 3.12. The van der Waals surface area contributed by atoms with Gasteiger partial charge in [0.05, 0.1) is 12.7 Å². The summed E-state index contributed by atoms with van der Waals surface area (Å²) in [6.07, 6.45) is 9.68. The first-order valence-corrected chi connectivity index (χ1v) is 11.2. The van der Waals surface area contributed by atoms with Crippen molar-refractivity contribution in [1.82, 2.24) is 19.7 Å². The lowest BCUT2D eigenvalue weighted by Crippen LogP contribution is -2.34. The molecule has 29 heavy (non-hydrogen) atoms. The molecule has 1 aromatic carbocycles. The minimum Gasteiger partial charge on any atom is -0.313 e. The van der Waals surface area contributed by atoms with Crippen molar-refractivity contribution in [3.8, 4) is 0 Å². The summed E-state index contributed by atoms with van der Waals surface area (Å²) in [5, 5.41) is 9.37. The summed E-state index contributed by atoms with van der Waals surface area (Å²) in [6.45, 7) is 4.67. The molecule has 0 aliphatic heterocycles. The van der Waals surface area contributed by atoms with Crippen LogP contribution in [0.2, 0.25) is 0 Å². The van der Waals surface area contributed by atoms with Crippen molar-refractivity contribution in [3.05, 3.63) is 63.1 Å². The molecule has 2 aliphatic carbocycles. The van der Waals surface area contributed by atoms with Crippen molar-refractivity contribution < 1.29 is 0 Å². The molecule has 0 radical (unpaired) electrons. The van der Waals surface area contributed by atoms with E-state index >= 15 is 0 Å². The zero-order chi connectivity index (χ0) is 19.8. The van der Waals surface area contributed by atoms with E-state index in [0.29, 0.717) is 12.6 Å². The Kier molecular flexibility index (Phi) is 5.00. The van der Waals surface area contributed by atoms with Gasteiger partial charge >= 0.3 is 0 Å². The fourth-order valence-corrected chi connectivity index (χ4v) is 4.91. The first-order valence-electron chi connectivity index (χ1n) is 11.2. The van der Waals surface area contributed by atoms with Gasteiger partial charge in [-0.15, -0.1) is 0 Å². The van der Waals surface area contributed by atoms with E-state index in [0.717, 1.165) is 56.4 Å². The fourth-order valence-electron chi connectivity index (χ4n) is 4.91. The van der Waals surface area contributed by atoms with Gasteiger partial charge in [0, 0.05) is 23.5 Å². The van der Waals surface area contributed by atoms with Crippen LogP contribution in [-0.2, 0) is 25.9 Å². The van der Waals surface area contributed by atoms with Gasteiger partial charge in [0.15, 0.2) is 0 Å². The Bertz CT molecular complexity index is 1090. The second kappa shape index (κ2) is 7.79. The molecule has 5 heteroatoms. The Morgan fingerprint density at radius 3 is 2.66 bits per heavy atom. The zero-order valence-corrected chi connectivity index (χ0v) is 17.3. The highest BCUT2D eigenvalue weighted by molar-refractivity contribution is 5.81. The van der Waals surface area contributed by atoms with Crippen LogP contribution < -0.4 is 10.9 Å². The van der Waals surface area contributed by atoms with Gasteiger partial charge in [0.1, 0.15) is 5.65 Å². The van der Waals surface area contributed by atoms with Gasteiger partial charge in [-0.05, 0) is 68.2 Å². The predicted octanol–water partition coefficient (Wildman–Crippen LogP) is 3.96. The second-order valence-electron chi connectivity index (χ2n) is 8.56. The highest BCUT2D eigenvalue weighted by atomic mass is 16.1. The van der Waals surface area contributed by atoms with Crippen LogP contribution in [-0.4, -0.2) is 20.9 Å². The normalized spacial score (nSPS) is 16.7. The molecule has 1 N–H and O–H groups in total. The first-order chi connectivity index (χ1) is 14.3. The molecule has 0 bridgehead atoms.